The molecule has 2 heterocycles. The highest BCUT2D eigenvalue weighted by molar-refractivity contribution is 5.85. The highest BCUT2D eigenvalue weighted by atomic mass is 35.5. The summed E-state index contributed by atoms with van der Waals surface area (Å²) in [6.45, 7) is 8.64. The summed E-state index contributed by atoms with van der Waals surface area (Å²) < 4.78 is 0. The molecule has 1 N–H and O–H groups in total. The van der Waals surface area contributed by atoms with Crippen molar-refractivity contribution >= 4 is 18.3 Å². The smallest absolute Gasteiger partial charge is 0.226 e. The first kappa shape index (κ1) is 15.8. The van der Waals surface area contributed by atoms with E-state index in [1.165, 1.54) is 12.8 Å². The van der Waals surface area contributed by atoms with Crippen molar-refractivity contribution in [1.82, 2.24) is 10.2 Å². The zero-order valence-corrected chi connectivity index (χ0v) is 12.6. The van der Waals surface area contributed by atoms with E-state index in [0.29, 0.717) is 23.9 Å². The van der Waals surface area contributed by atoms with Gasteiger partial charge in [-0.1, -0.05) is 13.8 Å². The molecule has 4 heteroatoms. The van der Waals surface area contributed by atoms with Gasteiger partial charge in [0.25, 0.3) is 0 Å². The number of rotatable bonds is 2. The Labute approximate surface area is 117 Å². The molecule has 0 radical (unpaired) electrons. The minimum Gasteiger partial charge on any atom is -0.339 e. The molecule has 0 aromatic rings. The maximum absolute atomic E-state index is 12.6. The third-order valence-electron chi connectivity index (χ3n) is 4.32. The molecule has 1 amide bonds. The van der Waals surface area contributed by atoms with Gasteiger partial charge in [0.1, 0.15) is 0 Å². The summed E-state index contributed by atoms with van der Waals surface area (Å²) in [5, 5.41) is 3.42. The van der Waals surface area contributed by atoms with Crippen LogP contribution in [-0.4, -0.2) is 36.0 Å². The second kappa shape index (κ2) is 6.76. The second-order valence-corrected chi connectivity index (χ2v) is 6.06. The number of piperidine rings is 1. The van der Waals surface area contributed by atoms with Crippen LogP contribution in [0.25, 0.3) is 0 Å². The molecule has 0 bridgehead atoms. The highest BCUT2D eigenvalue weighted by Crippen LogP contribution is 2.28. The SMILES string of the molecule is CC(C)C1CCCN1C(=O)[C@H]1CCN[C@@H](C)C1.Cl. The van der Waals surface area contributed by atoms with E-state index in [1.807, 2.05) is 0 Å². The van der Waals surface area contributed by atoms with Gasteiger partial charge in [0.15, 0.2) is 0 Å². The average Bonchev–Trinajstić information content (AvgIpc) is 2.77. The molecule has 18 heavy (non-hydrogen) atoms. The molecule has 106 valence electrons. The lowest BCUT2D eigenvalue weighted by Gasteiger charge is -2.34. The van der Waals surface area contributed by atoms with Crippen molar-refractivity contribution in [2.75, 3.05) is 13.1 Å². The van der Waals surface area contributed by atoms with Crippen LogP contribution < -0.4 is 5.32 Å². The van der Waals surface area contributed by atoms with E-state index in [2.05, 4.69) is 31.0 Å². The summed E-state index contributed by atoms with van der Waals surface area (Å²) in [5.41, 5.74) is 0. The van der Waals surface area contributed by atoms with Gasteiger partial charge in [-0.05, 0) is 45.1 Å². The standard InChI is InChI=1S/C14H26N2O.ClH/c1-10(2)13-5-4-8-16(13)14(17)12-6-7-15-11(3)9-12;/h10-13,15H,4-9H2,1-3H3;1H/t11-,12-,13?;/m0./s1. The van der Waals surface area contributed by atoms with E-state index >= 15 is 0 Å². The molecule has 0 aromatic heterocycles. The number of nitrogens with one attached hydrogen (secondary N) is 1. The molecule has 2 aliphatic heterocycles. The van der Waals surface area contributed by atoms with Crippen molar-refractivity contribution in [2.24, 2.45) is 11.8 Å². The van der Waals surface area contributed by atoms with Gasteiger partial charge in [0.2, 0.25) is 5.91 Å². The first-order valence-corrected chi connectivity index (χ1v) is 7.13. The minimum absolute atomic E-state index is 0. The zero-order chi connectivity index (χ0) is 12.4. The first-order chi connectivity index (χ1) is 8.09. The number of halogens is 1. The number of nitrogens with zero attached hydrogens (tertiary/aromatic N) is 1. The van der Waals surface area contributed by atoms with Crippen LogP contribution in [0.4, 0.5) is 0 Å². The summed E-state index contributed by atoms with van der Waals surface area (Å²) in [5.74, 6) is 1.29. The van der Waals surface area contributed by atoms with Crippen molar-refractivity contribution < 1.29 is 4.79 Å². The fraction of sp³-hybridized carbons (Fsp3) is 0.929. The summed E-state index contributed by atoms with van der Waals surface area (Å²) in [7, 11) is 0. The molecule has 0 aromatic carbocycles. The van der Waals surface area contributed by atoms with Crippen LogP contribution in [0.15, 0.2) is 0 Å². The maximum Gasteiger partial charge on any atom is 0.226 e. The number of carbonyl (C=O) groups is 1. The summed E-state index contributed by atoms with van der Waals surface area (Å²) in [6.07, 6.45) is 4.42. The van der Waals surface area contributed by atoms with Crippen molar-refractivity contribution in [2.45, 2.75) is 58.5 Å². The van der Waals surface area contributed by atoms with Crippen molar-refractivity contribution in [3.63, 3.8) is 0 Å². The summed E-state index contributed by atoms with van der Waals surface area (Å²) >= 11 is 0. The van der Waals surface area contributed by atoms with E-state index in [0.717, 1.165) is 25.9 Å². The summed E-state index contributed by atoms with van der Waals surface area (Å²) in [4.78, 5) is 14.7. The van der Waals surface area contributed by atoms with Gasteiger partial charge in [-0.3, -0.25) is 4.79 Å². The number of carbonyl (C=O) groups excluding carboxylic acids is 1. The molecule has 0 aliphatic carbocycles. The van der Waals surface area contributed by atoms with E-state index < -0.39 is 0 Å². The molecule has 2 fully saturated rings. The van der Waals surface area contributed by atoms with Gasteiger partial charge in [-0.15, -0.1) is 12.4 Å². The Hall–Kier alpha value is -0.280. The van der Waals surface area contributed by atoms with Crippen LogP contribution in [-0.2, 0) is 4.79 Å². The van der Waals surface area contributed by atoms with Crippen LogP contribution in [0, 0.1) is 11.8 Å². The largest absolute Gasteiger partial charge is 0.339 e. The van der Waals surface area contributed by atoms with Crippen LogP contribution in [0.2, 0.25) is 0 Å². The predicted octanol–water partition coefficient (Wildman–Crippen LogP) is 2.44. The lowest BCUT2D eigenvalue weighted by molar-refractivity contribution is -0.138. The topological polar surface area (TPSA) is 32.3 Å². The molecule has 2 aliphatic rings. The fourth-order valence-electron chi connectivity index (χ4n) is 3.35. The van der Waals surface area contributed by atoms with E-state index in [1.54, 1.807) is 0 Å². The van der Waals surface area contributed by atoms with Gasteiger partial charge >= 0.3 is 0 Å². The van der Waals surface area contributed by atoms with Gasteiger partial charge in [0.05, 0.1) is 0 Å². The number of amides is 1. The molecular weight excluding hydrogens is 248 g/mol. The number of hydrogen-bond donors (Lipinski definition) is 1. The number of hydrogen-bond acceptors (Lipinski definition) is 2. The Morgan fingerprint density at radius 3 is 2.67 bits per heavy atom. The van der Waals surface area contributed by atoms with Crippen LogP contribution in [0.1, 0.15) is 46.5 Å². The van der Waals surface area contributed by atoms with Crippen LogP contribution >= 0.6 is 12.4 Å². The van der Waals surface area contributed by atoms with Gasteiger partial charge in [0, 0.05) is 24.5 Å². The number of likely N-dealkylation sites (tertiary alicyclic amines) is 1. The third-order valence-corrected chi connectivity index (χ3v) is 4.32. The summed E-state index contributed by atoms with van der Waals surface area (Å²) in [6, 6.07) is 0.991. The maximum atomic E-state index is 12.6. The quantitative estimate of drug-likeness (QED) is 0.839. The monoisotopic (exact) mass is 274 g/mol. The Balaban J connectivity index is 0.00000162. The normalized spacial score (nSPS) is 32.4. The van der Waals surface area contributed by atoms with E-state index in [4.69, 9.17) is 0 Å². The Kier molecular flexibility index (Phi) is 5.93. The van der Waals surface area contributed by atoms with Crippen molar-refractivity contribution in [3.05, 3.63) is 0 Å². The molecule has 2 saturated heterocycles. The Bertz CT molecular complexity index is 283. The molecule has 3 nitrogen and oxygen atoms in total. The zero-order valence-electron chi connectivity index (χ0n) is 11.8. The molecular formula is C14H27ClN2O. The Morgan fingerprint density at radius 1 is 1.33 bits per heavy atom. The average molecular weight is 275 g/mol. The second-order valence-electron chi connectivity index (χ2n) is 6.06. The third kappa shape index (κ3) is 3.39. The lowest BCUT2D eigenvalue weighted by atomic mass is 9.91. The van der Waals surface area contributed by atoms with E-state index in [-0.39, 0.29) is 18.3 Å². The first-order valence-electron chi connectivity index (χ1n) is 7.13. The molecule has 2 rings (SSSR count). The van der Waals surface area contributed by atoms with E-state index in [9.17, 15) is 4.79 Å². The molecule has 1 unspecified atom stereocenters. The van der Waals surface area contributed by atoms with Gasteiger partial charge in [-0.2, -0.15) is 0 Å². The molecule has 0 saturated carbocycles. The van der Waals surface area contributed by atoms with Crippen molar-refractivity contribution in [1.29, 1.82) is 0 Å². The van der Waals surface area contributed by atoms with Crippen LogP contribution in [0.5, 0.6) is 0 Å². The van der Waals surface area contributed by atoms with Crippen LogP contribution in [0.3, 0.4) is 0 Å². The highest BCUT2D eigenvalue weighted by Gasteiger charge is 2.35. The lowest BCUT2D eigenvalue weighted by Crippen LogP contribution is -2.46. The molecule has 3 atom stereocenters. The van der Waals surface area contributed by atoms with Gasteiger partial charge < -0.3 is 10.2 Å². The fourth-order valence-corrected chi connectivity index (χ4v) is 3.35. The van der Waals surface area contributed by atoms with Crippen molar-refractivity contribution in [3.8, 4) is 0 Å². The minimum atomic E-state index is 0. The van der Waals surface area contributed by atoms with Gasteiger partial charge in [-0.25, -0.2) is 0 Å². The Morgan fingerprint density at radius 2 is 2.06 bits per heavy atom. The predicted molar refractivity (Wildman–Crippen MR) is 77.0 cm³/mol. The molecule has 0 spiro atoms.